The molecule has 1 aliphatic rings. The second-order valence-corrected chi connectivity index (χ2v) is 6.62. The van der Waals surface area contributed by atoms with Crippen LogP contribution >= 0.6 is 0 Å². The van der Waals surface area contributed by atoms with E-state index in [-0.39, 0.29) is 5.75 Å². The first-order valence-electron chi connectivity index (χ1n) is 6.19. The number of hydrogen-bond donors (Lipinski definition) is 1. The van der Waals surface area contributed by atoms with Gasteiger partial charge in [0.1, 0.15) is 5.75 Å². The van der Waals surface area contributed by atoms with E-state index < -0.39 is 10.0 Å². The molecule has 1 aliphatic heterocycles. The molecule has 2 heterocycles. The Bertz CT molecular complexity index is 467. The lowest BCUT2D eigenvalue weighted by atomic mass is 9.99. The molecule has 0 atom stereocenters. The Balaban J connectivity index is 2.00. The van der Waals surface area contributed by atoms with E-state index in [2.05, 4.69) is 4.98 Å². The van der Waals surface area contributed by atoms with Crippen molar-refractivity contribution in [3.63, 3.8) is 0 Å². The molecule has 0 aliphatic carbocycles. The van der Waals surface area contributed by atoms with E-state index in [1.54, 1.807) is 28.7 Å². The Morgan fingerprint density at radius 3 is 2.61 bits per heavy atom. The van der Waals surface area contributed by atoms with E-state index in [0.29, 0.717) is 31.2 Å². The molecular weight excluding hydrogens is 250 g/mol. The molecular formula is C12H19N3O2S. The van der Waals surface area contributed by atoms with E-state index in [0.717, 1.165) is 12.8 Å². The molecule has 2 N–H and O–H groups in total. The molecule has 0 saturated carbocycles. The number of rotatable bonds is 4. The maximum Gasteiger partial charge on any atom is 0.219 e. The fourth-order valence-corrected chi connectivity index (χ4v) is 3.68. The summed E-state index contributed by atoms with van der Waals surface area (Å²) in [6.45, 7) is 1.81. The van der Waals surface area contributed by atoms with Gasteiger partial charge in [-0.15, -0.1) is 0 Å². The van der Waals surface area contributed by atoms with E-state index in [4.69, 9.17) is 5.73 Å². The van der Waals surface area contributed by atoms with Crippen LogP contribution in [0.25, 0.3) is 0 Å². The van der Waals surface area contributed by atoms with Gasteiger partial charge in [-0.05, 0) is 37.4 Å². The number of hydrogen-bond acceptors (Lipinski definition) is 4. The van der Waals surface area contributed by atoms with Crippen LogP contribution in [-0.2, 0) is 15.8 Å². The van der Waals surface area contributed by atoms with Crippen molar-refractivity contribution in [3.05, 3.63) is 30.1 Å². The van der Waals surface area contributed by atoms with Gasteiger partial charge >= 0.3 is 0 Å². The molecule has 0 radical (unpaired) electrons. The monoisotopic (exact) mass is 269 g/mol. The van der Waals surface area contributed by atoms with E-state index in [1.165, 1.54) is 0 Å². The highest BCUT2D eigenvalue weighted by atomic mass is 32.2. The molecule has 2 rings (SSSR count). The largest absolute Gasteiger partial charge is 0.330 e. The lowest BCUT2D eigenvalue weighted by Gasteiger charge is -2.30. The summed E-state index contributed by atoms with van der Waals surface area (Å²) in [6, 6.07) is 5.32. The Kier molecular flexibility index (Phi) is 4.31. The molecule has 1 aromatic rings. The number of aromatic nitrogens is 1. The van der Waals surface area contributed by atoms with Crippen LogP contribution in [0.2, 0.25) is 0 Å². The second kappa shape index (κ2) is 5.77. The quantitative estimate of drug-likeness (QED) is 0.867. The Morgan fingerprint density at radius 2 is 2.06 bits per heavy atom. The lowest BCUT2D eigenvalue weighted by Crippen LogP contribution is -2.40. The van der Waals surface area contributed by atoms with E-state index >= 15 is 0 Å². The molecule has 100 valence electrons. The predicted molar refractivity (Wildman–Crippen MR) is 70.2 cm³/mol. The van der Waals surface area contributed by atoms with Crippen molar-refractivity contribution in [1.29, 1.82) is 0 Å². The zero-order valence-electron chi connectivity index (χ0n) is 10.3. The van der Waals surface area contributed by atoms with Crippen molar-refractivity contribution in [1.82, 2.24) is 9.29 Å². The molecule has 0 spiro atoms. The highest BCUT2D eigenvalue weighted by molar-refractivity contribution is 7.88. The standard InChI is InChI=1S/C12H19N3O2S/c13-9-11-4-7-15(8-5-11)18(16,17)10-12-3-1-2-6-14-12/h1-3,6,11H,4-5,7-10,13H2. The van der Waals surface area contributed by atoms with Crippen LogP contribution in [0, 0.1) is 5.92 Å². The van der Waals surface area contributed by atoms with Gasteiger partial charge in [0.15, 0.2) is 0 Å². The highest BCUT2D eigenvalue weighted by Gasteiger charge is 2.27. The Morgan fingerprint density at radius 1 is 1.33 bits per heavy atom. The van der Waals surface area contributed by atoms with Crippen LogP contribution in [0.4, 0.5) is 0 Å². The van der Waals surface area contributed by atoms with Gasteiger partial charge in [0.2, 0.25) is 10.0 Å². The van der Waals surface area contributed by atoms with Gasteiger partial charge in [-0.3, -0.25) is 4.98 Å². The number of piperidine rings is 1. The number of pyridine rings is 1. The average molecular weight is 269 g/mol. The summed E-state index contributed by atoms with van der Waals surface area (Å²) in [7, 11) is -3.24. The van der Waals surface area contributed by atoms with Gasteiger partial charge in [-0.1, -0.05) is 6.07 Å². The summed E-state index contributed by atoms with van der Waals surface area (Å²) in [5.41, 5.74) is 6.20. The van der Waals surface area contributed by atoms with Crippen LogP contribution in [-0.4, -0.2) is 37.3 Å². The van der Waals surface area contributed by atoms with Gasteiger partial charge in [-0.25, -0.2) is 12.7 Å². The van der Waals surface area contributed by atoms with Gasteiger partial charge in [0, 0.05) is 19.3 Å². The number of nitrogens with zero attached hydrogens (tertiary/aromatic N) is 2. The summed E-state index contributed by atoms with van der Waals surface area (Å²) in [5, 5.41) is 0. The summed E-state index contributed by atoms with van der Waals surface area (Å²) in [5.74, 6) is 0.451. The van der Waals surface area contributed by atoms with Gasteiger partial charge in [0.05, 0.1) is 5.69 Å². The average Bonchev–Trinajstić information content (AvgIpc) is 2.39. The maximum atomic E-state index is 12.2. The molecule has 0 bridgehead atoms. The van der Waals surface area contributed by atoms with Crippen molar-refractivity contribution >= 4 is 10.0 Å². The first-order chi connectivity index (χ1) is 8.62. The Labute approximate surface area is 108 Å². The van der Waals surface area contributed by atoms with Gasteiger partial charge in [0.25, 0.3) is 0 Å². The highest BCUT2D eigenvalue weighted by Crippen LogP contribution is 2.20. The molecule has 5 nitrogen and oxygen atoms in total. The molecule has 0 amide bonds. The normalized spacial score (nSPS) is 18.9. The number of nitrogens with two attached hydrogens (primary N) is 1. The summed E-state index contributed by atoms with van der Waals surface area (Å²) >= 11 is 0. The predicted octanol–water partition coefficient (Wildman–Crippen LogP) is 0.582. The maximum absolute atomic E-state index is 12.2. The third-order valence-corrected chi connectivity index (χ3v) is 5.17. The van der Waals surface area contributed by atoms with Crippen molar-refractivity contribution < 1.29 is 8.42 Å². The fraction of sp³-hybridized carbons (Fsp3) is 0.583. The van der Waals surface area contributed by atoms with Crippen molar-refractivity contribution in [2.45, 2.75) is 18.6 Å². The minimum absolute atomic E-state index is 0.0128. The molecule has 0 unspecified atom stereocenters. The van der Waals surface area contributed by atoms with Crippen LogP contribution in [0.15, 0.2) is 24.4 Å². The zero-order chi connectivity index (χ0) is 13.0. The van der Waals surface area contributed by atoms with E-state index in [1.807, 2.05) is 0 Å². The topological polar surface area (TPSA) is 76.3 Å². The molecule has 18 heavy (non-hydrogen) atoms. The molecule has 0 aromatic carbocycles. The third kappa shape index (κ3) is 3.28. The van der Waals surface area contributed by atoms with Gasteiger partial charge < -0.3 is 5.73 Å². The Hall–Kier alpha value is -0.980. The summed E-state index contributed by atoms with van der Waals surface area (Å²) in [4.78, 5) is 4.06. The lowest BCUT2D eigenvalue weighted by molar-refractivity contribution is 0.278. The molecule has 1 fully saturated rings. The molecule has 6 heteroatoms. The third-order valence-electron chi connectivity index (χ3n) is 3.36. The second-order valence-electron chi connectivity index (χ2n) is 4.66. The van der Waals surface area contributed by atoms with Crippen molar-refractivity contribution in [3.8, 4) is 0 Å². The summed E-state index contributed by atoms with van der Waals surface area (Å²) in [6.07, 6.45) is 3.33. The van der Waals surface area contributed by atoms with Crippen molar-refractivity contribution in [2.75, 3.05) is 19.6 Å². The van der Waals surface area contributed by atoms with Crippen LogP contribution in [0.1, 0.15) is 18.5 Å². The van der Waals surface area contributed by atoms with E-state index in [9.17, 15) is 8.42 Å². The van der Waals surface area contributed by atoms with Crippen LogP contribution < -0.4 is 5.73 Å². The van der Waals surface area contributed by atoms with Gasteiger partial charge in [-0.2, -0.15) is 0 Å². The van der Waals surface area contributed by atoms with Crippen LogP contribution in [0.5, 0.6) is 0 Å². The minimum Gasteiger partial charge on any atom is -0.330 e. The first kappa shape index (κ1) is 13.5. The SMILES string of the molecule is NCC1CCN(S(=O)(=O)Cc2ccccn2)CC1. The molecule has 1 saturated heterocycles. The zero-order valence-corrected chi connectivity index (χ0v) is 11.1. The first-order valence-corrected chi connectivity index (χ1v) is 7.80. The fourth-order valence-electron chi connectivity index (χ4n) is 2.18. The minimum atomic E-state index is -3.24. The smallest absolute Gasteiger partial charge is 0.219 e. The van der Waals surface area contributed by atoms with Crippen LogP contribution in [0.3, 0.4) is 0 Å². The number of sulfonamides is 1. The van der Waals surface area contributed by atoms with Crippen molar-refractivity contribution in [2.24, 2.45) is 11.7 Å². The summed E-state index contributed by atoms with van der Waals surface area (Å²) < 4.78 is 26.0. The molecule has 1 aromatic heterocycles.